The first-order chi connectivity index (χ1) is 31.6. The van der Waals surface area contributed by atoms with Crippen molar-refractivity contribution in [2.45, 2.75) is 0 Å². The fourth-order valence-electron chi connectivity index (χ4n) is 6.33. The molecule has 341 valence electrons. The fraction of sp³-hybridized carbons (Fsp3) is 0. The van der Waals surface area contributed by atoms with Crippen molar-refractivity contribution >= 4 is 35.4 Å². The van der Waals surface area contributed by atoms with Gasteiger partial charge in [-0.1, -0.05) is 36.4 Å². The summed E-state index contributed by atoms with van der Waals surface area (Å²) in [6, 6.07) is 8.60. The third kappa shape index (κ3) is 9.17. The third-order valence-corrected chi connectivity index (χ3v) is 9.24. The molecule has 0 unspecified atom stereocenters. The topological polar surface area (TPSA) is 79.4 Å². The number of halogens is 15. The maximum atomic E-state index is 14.0. The molecule has 0 saturated carbocycles. The molecule has 3 aliphatic heterocycles. The van der Waals surface area contributed by atoms with Crippen molar-refractivity contribution in [2.75, 3.05) is 0 Å². The number of nitrogens with zero attached hydrogens (tertiary/aromatic N) is 6. The normalized spacial score (nSPS) is 15.4. The summed E-state index contributed by atoms with van der Waals surface area (Å²) in [6.07, 6.45) is 16.6. The SMILES string of the molecule is Fc1c(F)c(F)c(/C(=C2\C=CC=N2)c2ccc[n-]2)c(F)c1F.Fc1c(F)c(F)c(/C(=C2\C=CC=N2)c2ccc[n-]2)c(F)c1F.Fc1c(F)c(F)c(/C(=C2\C=CC=N2)c2ccc[n-]2)c(F)c1F.[Fe+3]. The van der Waals surface area contributed by atoms with Crippen LogP contribution in [0.5, 0.6) is 0 Å². The number of allylic oxidation sites excluding steroid dienone is 6. The molecule has 9 rings (SSSR count). The predicted octanol–water partition coefficient (Wildman–Crippen LogP) is 11.2. The van der Waals surface area contributed by atoms with Gasteiger partial charge in [-0.25, -0.2) is 65.9 Å². The van der Waals surface area contributed by atoms with Gasteiger partial charge in [-0.2, -0.15) is 18.6 Å². The van der Waals surface area contributed by atoms with E-state index in [4.69, 9.17) is 0 Å². The standard InChI is InChI=1S/3C15H6F5N2.Fe/c3*16-11-10(12(17)14(19)15(20)13(11)18)9(7-3-1-5-21-7)8-4-2-6-22-8;/h3*1-6H;/q3*-1;+3/b3*9-7+;. The summed E-state index contributed by atoms with van der Waals surface area (Å²) < 4.78 is 204. The van der Waals surface area contributed by atoms with Crippen molar-refractivity contribution in [2.24, 2.45) is 15.0 Å². The van der Waals surface area contributed by atoms with E-state index in [0.717, 1.165) is 0 Å². The quantitative estimate of drug-likeness (QED) is 0.0722. The number of hydrogen-bond donors (Lipinski definition) is 0. The summed E-state index contributed by atoms with van der Waals surface area (Å²) in [6.45, 7) is 0. The number of aromatic nitrogens is 3. The van der Waals surface area contributed by atoms with Crippen LogP contribution in [0.25, 0.3) is 16.7 Å². The second-order valence-electron chi connectivity index (χ2n) is 13.1. The summed E-state index contributed by atoms with van der Waals surface area (Å²) in [5, 5.41) is 0. The van der Waals surface area contributed by atoms with Gasteiger partial charge in [0.2, 0.25) is 17.5 Å². The van der Waals surface area contributed by atoms with Gasteiger partial charge in [-0.15, -0.1) is 17.1 Å². The van der Waals surface area contributed by atoms with E-state index >= 15 is 0 Å². The Morgan fingerprint density at radius 2 is 0.522 bits per heavy atom. The summed E-state index contributed by atoms with van der Waals surface area (Å²) in [5.41, 5.74) is -3.58. The van der Waals surface area contributed by atoms with E-state index in [1.54, 1.807) is 0 Å². The van der Waals surface area contributed by atoms with Gasteiger partial charge in [-0.3, -0.25) is 15.0 Å². The van der Waals surface area contributed by atoms with E-state index < -0.39 is 104 Å². The Morgan fingerprint density at radius 1 is 0.313 bits per heavy atom. The van der Waals surface area contributed by atoms with E-state index in [-0.39, 0.29) is 68.0 Å². The van der Waals surface area contributed by atoms with Crippen molar-refractivity contribution < 1.29 is 82.9 Å². The molecule has 0 fully saturated rings. The zero-order valence-electron chi connectivity index (χ0n) is 32.6. The molecule has 67 heavy (non-hydrogen) atoms. The van der Waals surface area contributed by atoms with Gasteiger partial charge in [-0.05, 0) is 53.2 Å². The van der Waals surface area contributed by atoms with Crippen LogP contribution in [-0.4, -0.2) is 18.6 Å². The van der Waals surface area contributed by atoms with Crippen LogP contribution in [0.4, 0.5) is 65.9 Å². The van der Waals surface area contributed by atoms with Gasteiger partial charge in [0.1, 0.15) is 0 Å². The van der Waals surface area contributed by atoms with Crippen LogP contribution in [0.2, 0.25) is 0 Å². The van der Waals surface area contributed by atoms with E-state index in [1.807, 2.05) is 0 Å². The molecule has 3 aromatic heterocycles. The molecule has 0 bridgehead atoms. The summed E-state index contributed by atoms with van der Waals surface area (Å²) in [7, 11) is 0. The molecule has 6 aromatic rings. The monoisotopic (exact) mass is 983 g/mol. The van der Waals surface area contributed by atoms with E-state index in [9.17, 15) is 65.9 Å². The molecule has 3 aliphatic rings. The first-order valence-corrected chi connectivity index (χ1v) is 18.2. The molecular weight excluding hydrogens is 965 g/mol. The summed E-state index contributed by atoms with van der Waals surface area (Å²) in [4.78, 5) is 23.2. The summed E-state index contributed by atoms with van der Waals surface area (Å²) >= 11 is 0. The number of aliphatic imine (C=N–C) groups is 3. The fourth-order valence-corrected chi connectivity index (χ4v) is 6.33. The Morgan fingerprint density at radius 3 is 0.687 bits per heavy atom. The number of rotatable bonds is 6. The van der Waals surface area contributed by atoms with Crippen LogP contribution in [0.1, 0.15) is 33.8 Å². The Labute approximate surface area is 376 Å². The van der Waals surface area contributed by atoms with Gasteiger partial charge in [0.15, 0.2) is 69.8 Å². The van der Waals surface area contributed by atoms with Gasteiger partial charge < -0.3 is 15.0 Å². The van der Waals surface area contributed by atoms with Crippen LogP contribution < -0.4 is 15.0 Å². The smallest absolute Gasteiger partial charge is 0.664 e. The Bertz CT molecular complexity index is 2710. The van der Waals surface area contributed by atoms with Crippen LogP contribution in [0, 0.1) is 87.3 Å². The molecule has 0 spiro atoms. The second kappa shape index (κ2) is 20.3. The third-order valence-electron chi connectivity index (χ3n) is 9.24. The molecule has 6 heterocycles. The van der Waals surface area contributed by atoms with Crippen LogP contribution in [0.3, 0.4) is 0 Å². The van der Waals surface area contributed by atoms with Gasteiger partial charge in [0, 0.05) is 18.6 Å². The van der Waals surface area contributed by atoms with E-state index in [2.05, 4.69) is 29.9 Å². The molecule has 0 amide bonds. The second-order valence-corrected chi connectivity index (χ2v) is 13.1. The minimum absolute atomic E-state index is 0. The van der Waals surface area contributed by atoms with E-state index in [0.29, 0.717) is 0 Å². The Hall–Kier alpha value is -7.58. The van der Waals surface area contributed by atoms with Gasteiger partial charge >= 0.3 is 17.1 Å². The maximum absolute atomic E-state index is 14.0. The molecule has 0 aliphatic carbocycles. The first-order valence-electron chi connectivity index (χ1n) is 18.2. The number of benzene rings is 3. The first kappa shape index (κ1) is 48.9. The number of hydrogen-bond acceptors (Lipinski definition) is 3. The summed E-state index contributed by atoms with van der Waals surface area (Å²) in [5.74, 6) is -30.2. The molecule has 22 heteroatoms. The van der Waals surface area contributed by atoms with Gasteiger partial charge in [0.25, 0.3) is 0 Å². The van der Waals surface area contributed by atoms with Crippen molar-refractivity contribution in [3.8, 4) is 0 Å². The minimum atomic E-state index is -2.20. The average molecular weight is 983 g/mol. The zero-order chi connectivity index (χ0) is 47.6. The van der Waals surface area contributed by atoms with Crippen molar-refractivity contribution in [3.63, 3.8) is 0 Å². The van der Waals surface area contributed by atoms with Crippen LogP contribution in [0.15, 0.2) is 124 Å². The van der Waals surface area contributed by atoms with E-state index in [1.165, 1.54) is 110 Å². The minimum Gasteiger partial charge on any atom is -0.664 e. The average Bonchev–Trinajstić information content (AvgIpc) is 4.18. The molecule has 0 N–H and O–H groups in total. The molecule has 1 radical (unpaired) electrons. The maximum Gasteiger partial charge on any atom is 3.00 e. The van der Waals surface area contributed by atoms with Crippen LogP contribution in [-0.2, 0) is 17.1 Å². The van der Waals surface area contributed by atoms with Crippen molar-refractivity contribution in [3.05, 3.63) is 230 Å². The van der Waals surface area contributed by atoms with Crippen molar-refractivity contribution in [1.82, 2.24) is 15.0 Å². The zero-order valence-corrected chi connectivity index (χ0v) is 33.7. The van der Waals surface area contributed by atoms with Crippen molar-refractivity contribution in [1.29, 1.82) is 0 Å². The van der Waals surface area contributed by atoms with Crippen LogP contribution >= 0.6 is 0 Å². The Balaban J connectivity index is 0.000000165. The molecule has 0 atom stereocenters. The predicted molar refractivity (Wildman–Crippen MR) is 209 cm³/mol. The molecule has 3 aromatic carbocycles. The molecular formula is C45H18F15FeN6. The largest absolute Gasteiger partial charge is 3.00 e. The van der Waals surface area contributed by atoms with Gasteiger partial charge in [0.05, 0.1) is 33.8 Å². The molecule has 6 nitrogen and oxygen atoms in total. The Kier molecular flexibility index (Phi) is 14.8. The molecule has 0 saturated heterocycles.